The number of rotatable bonds is 7. The molecule has 3 aromatic rings. The van der Waals surface area contributed by atoms with Crippen LogP contribution in [0.15, 0.2) is 58.5 Å². The van der Waals surface area contributed by atoms with Gasteiger partial charge >= 0.3 is 5.97 Å². The molecule has 150 valence electrons. The fourth-order valence-electron chi connectivity index (χ4n) is 2.59. The number of fused-ring (bicyclic) bond motifs is 1. The van der Waals surface area contributed by atoms with Crippen molar-refractivity contribution >= 4 is 33.2 Å². The number of aliphatic imine (C=N–C) groups is 1. The molecule has 0 amide bonds. The van der Waals surface area contributed by atoms with E-state index in [1.807, 2.05) is 30.3 Å². The van der Waals surface area contributed by atoms with E-state index in [-0.39, 0.29) is 28.8 Å². The van der Waals surface area contributed by atoms with E-state index in [9.17, 15) is 22.9 Å². The number of phenols is 1. The molecule has 0 aliphatic rings. The van der Waals surface area contributed by atoms with Gasteiger partial charge < -0.3 is 14.9 Å². The number of aromatic nitrogens is 1. The number of nitrogens with zero attached hydrogens (tertiary/aromatic N) is 2. The summed E-state index contributed by atoms with van der Waals surface area (Å²) < 4.78 is 37.3. The van der Waals surface area contributed by atoms with Crippen molar-refractivity contribution in [3.63, 3.8) is 0 Å². The van der Waals surface area contributed by atoms with Crippen LogP contribution < -0.4 is 4.74 Å². The number of ether oxygens (including phenoxy) is 1. The zero-order valence-corrected chi connectivity index (χ0v) is 15.7. The van der Waals surface area contributed by atoms with E-state index in [0.717, 1.165) is 17.8 Å². The molecule has 3 rings (SSSR count). The average molecular weight is 416 g/mol. The lowest BCUT2D eigenvalue weighted by molar-refractivity contribution is -0.139. The standard InChI is InChI=1S/C19H16N2O7S/c22-18(23)11-28-17-7-16-14(6-13(9-21-16)29(25,26)27)15(19(17)24)10-20-8-12-4-2-1-3-5-12/h1-7,9-10,24H,8,11H2,(H,22,23)(H,25,26,27). The SMILES string of the molecule is O=C(O)COc1cc2ncc(S(=O)(=O)O)cc2c(C=NCc2ccccc2)c1O. The first-order chi connectivity index (χ1) is 13.8. The zero-order chi connectivity index (χ0) is 21.0. The number of benzene rings is 2. The minimum absolute atomic E-state index is 0.0804. The van der Waals surface area contributed by atoms with Crippen LogP contribution in [-0.2, 0) is 21.5 Å². The van der Waals surface area contributed by atoms with E-state index in [1.165, 1.54) is 12.3 Å². The lowest BCUT2D eigenvalue weighted by atomic mass is 10.1. The summed E-state index contributed by atoms with van der Waals surface area (Å²) in [5.74, 6) is -1.81. The number of hydrogen-bond acceptors (Lipinski definition) is 7. The van der Waals surface area contributed by atoms with Gasteiger partial charge in [-0.05, 0) is 11.6 Å². The molecule has 0 saturated heterocycles. The third kappa shape index (κ3) is 4.86. The van der Waals surface area contributed by atoms with Crippen LogP contribution in [0.25, 0.3) is 10.9 Å². The van der Waals surface area contributed by atoms with Gasteiger partial charge in [-0.2, -0.15) is 8.42 Å². The Morgan fingerprint density at radius 1 is 1.21 bits per heavy atom. The quantitative estimate of drug-likeness (QED) is 0.393. The summed E-state index contributed by atoms with van der Waals surface area (Å²) in [4.78, 5) is 18.5. The van der Waals surface area contributed by atoms with E-state index >= 15 is 0 Å². The summed E-state index contributed by atoms with van der Waals surface area (Å²) >= 11 is 0. The molecule has 0 atom stereocenters. The predicted molar refractivity (Wildman–Crippen MR) is 104 cm³/mol. The third-order valence-electron chi connectivity index (χ3n) is 3.93. The van der Waals surface area contributed by atoms with Crippen LogP contribution in [0.5, 0.6) is 11.5 Å². The second kappa shape index (κ2) is 8.25. The summed E-state index contributed by atoms with van der Waals surface area (Å²) in [6, 6.07) is 11.7. The van der Waals surface area contributed by atoms with Gasteiger partial charge in [0, 0.05) is 29.4 Å². The number of pyridine rings is 1. The maximum absolute atomic E-state index is 11.4. The highest BCUT2D eigenvalue weighted by Gasteiger charge is 2.18. The van der Waals surface area contributed by atoms with Crippen molar-refractivity contribution in [2.45, 2.75) is 11.4 Å². The molecule has 0 radical (unpaired) electrons. The van der Waals surface area contributed by atoms with Gasteiger partial charge in [0.15, 0.2) is 18.1 Å². The summed E-state index contributed by atoms with van der Waals surface area (Å²) in [6.45, 7) is -0.407. The maximum atomic E-state index is 11.4. The van der Waals surface area contributed by atoms with Gasteiger partial charge in [-0.15, -0.1) is 0 Å². The van der Waals surface area contributed by atoms with Crippen LogP contribution in [0.3, 0.4) is 0 Å². The molecule has 1 heterocycles. The van der Waals surface area contributed by atoms with Crippen LogP contribution in [-0.4, -0.2) is 47.0 Å². The van der Waals surface area contributed by atoms with E-state index in [0.29, 0.717) is 0 Å². The van der Waals surface area contributed by atoms with Crippen molar-refractivity contribution in [1.29, 1.82) is 0 Å². The van der Waals surface area contributed by atoms with Crippen molar-refractivity contribution in [3.8, 4) is 11.5 Å². The van der Waals surface area contributed by atoms with E-state index in [2.05, 4.69) is 9.98 Å². The van der Waals surface area contributed by atoms with E-state index in [4.69, 9.17) is 9.84 Å². The van der Waals surface area contributed by atoms with Crippen LogP contribution in [0.1, 0.15) is 11.1 Å². The van der Waals surface area contributed by atoms with Crippen molar-refractivity contribution in [1.82, 2.24) is 4.98 Å². The molecule has 2 aromatic carbocycles. The van der Waals surface area contributed by atoms with Gasteiger partial charge in [-0.25, -0.2) is 4.79 Å². The molecule has 0 saturated carbocycles. The van der Waals surface area contributed by atoms with Gasteiger partial charge in [0.1, 0.15) is 4.90 Å². The largest absolute Gasteiger partial charge is 0.504 e. The lowest BCUT2D eigenvalue weighted by Gasteiger charge is -2.11. The lowest BCUT2D eigenvalue weighted by Crippen LogP contribution is -2.10. The van der Waals surface area contributed by atoms with Gasteiger partial charge in [-0.1, -0.05) is 30.3 Å². The van der Waals surface area contributed by atoms with Gasteiger partial charge in [0.05, 0.1) is 12.1 Å². The Morgan fingerprint density at radius 3 is 2.59 bits per heavy atom. The summed E-state index contributed by atoms with van der Waals surface area (Å²) in [5.41, 5.74) is 1.20. The normalized spacial score (nSPS) is 11.8. The Labute approximate surface area is 165 Å². The maximum Gasteiger partial charge on any atom is 0.341 e. The minimum Gasteiger partial charge on any atom is -0.504 e. The van der Waals surface area contributed by atoms with Gasteiger partial charge in [-0.3, -0.25) is 14.5 Å². The molecular weight excluding hydrogens is 400 g/mol. The molecule has 0 bridgehead atoms. The Balaban J connectivity index is 2.10. The van der Waals surface area contributed by atoms with Crippen molar-refractivity contribution in [2.75, 3.05) is 6.61 Å². The molecule has 29 heavy (non-hydrogen) atoms. The number of aromatic hydroxyl groups is 1. The smallest absolute Gasteiger partial charge is 0.341 e. The van der Waals surface area contributed by atoms with Crippen LogP contribution in [0.2, 0.25) is 0 Å². The molecular formula is C19H16N2O7S. The predicted octanol–water partition coefficient (Wildman–Crippen LogP) is 2.27. The van der Waals surface area contributed by atoms with E-state index in [1.54, 1.807) is 0 Å². The second-order valence-corrected chi connectivity index (χ2v) is 7.41. The molecule has 0 fully saturated rings. The number of phenolic OH excluding ortho intramolecular Hbond substituents is 1. The summed E-state index contributed by atoms with van der Waals surface area (Å²) in [7, 11) is -4.52. The van der Waals surface area contributed by atoms with Gasteiger partial charge in [0.2, 0.25) is 0 Å². The first kappa shape index (κ1) is 20.2. The summed E-state index contributed by atoms with van der Waals surface area (Å²) in [5, 5.41) is 19.5. The third-order valence-corrected chi connectivity index (χ3v) is 4.74. The van der Waals surface area contributed by atoms with Crippen molar-refractivity contribution < 1.29 is 32.7 Å². The fourth-order valence-corrected chi connectivity index (χ4v) is 3.04. The molecule has 0 unspecified atom stereocenters. The number of hydrogen-bond donors (Lipinski definition) is 3. The van der Waals surface area contributed by atoms with Crippen LogP contribution in [0, 0.1) is 0 Å². The molecule has 0 aliphatic heterocycles. The van der Waals surface area contributed by atoms with Crippen LogP contribution >= 0.6 is 0 Å². The first-order valence-corrected chi connectivity index (χ1v) is 9.71. The Morgan fingerprint density at radius 2 is 1.93 bits per heavy atom. The highest BCUT2D eigenvalue weighted by molar-refractivity contribution is 7.85. The first-order valence-electron chi connectivity index (χ1n) is 8.27. The number of carbonyl (C=O) groups is 1. The molecule has 0 aliphatic carbocycles. The summed E-state index contributed by atoms with van der Waals surface area (Å²) in [6.07, 6.45) is 2.26. The van der Waals surface area contributed by atoms with E-state index < -0.39 is 33.3 Å². The number of aliphatic carboxylic acids is 1. The fraction of sp³-hybridized carbons (Fsp3) is 0.105. The highest BCUT2D eigenvalue weighted by atomic mass is 32.2. The molecule has 3 N–H and O–H groups in total. The average Bonchev–Trinajstić information content (AvgIpc) is 2.68. The Bertz CT molecular complexity index is 1190. The monoisotopic (exact) mass is 416 g/mol. The Kier molecular flexibility index (Phi) is 5.76. The van der Waals surface area contributed by atoms with Crippen molar-refractivity contribution in [3.05, 3.63) is 59.8 Å². The Hall–Kier alpha value is -3.50. The highest BCUT2D eigenvalue weighted by Crippen LogP contribution is 2.36. The second-order valence-electron chi connectivity index (χ2n) is 5.99. The molecule has 1 aromatic heterocycles. The van der Waals surface area contributed by atoms with Gasteiger partial charge in [0.25, 0.3) is 10.1 Å². The number of carboxylic acids is 1. The molecule has 0 spiro atoms. The zero-order valence-electron chi connectivity index (χ0n) is 14.9. The van der Waals surface area contributed by atoms with Crippen LogP contribution in [0.4, 0.5) is 0 Å². The molecule has 10 heteroatoms. The van der Waals surface area contributed by atoms with Crippen molar-refractivity contribution in [2.24, 2.45) is 4.99 Å². The molecule has 9 nitrogen and oxygen atoms in total. The topological polar surface area (TPSA) is 146 Å². The number of carboxylic acid groups (broad SMARTS) is 1. The minimum atomic E-state index is -4.52.